The predicted molar refractivity (Wildman–Crippen MR) is 92.1 cm³/mol. The minimum atomic E-state index is -0.445. The van der Waals surface area contributed by atoms with Crippen LogP contribution in [-0.2, 0) is 17.8 Å². The van der Waals surface area contributed by atoms with Crippen LogP contribution in [0.4, 0.5) is 5.69 Å². The second-order valence-corrected chi connectivity index (χ2v) is 6.15. The number of rotatable bonds is 5. The van der Waals surface area contributed by atoms with E-state index in [0.717, 1.165) is 36.3 Å². The number of nitrogens with two attached hydrogens (primary N) is 1. The summed E-state index contributed by atoms with van der Waals surface area (Å²) in [6.07, 6.45) is 7.23. The lowest BCUT2D eigenvalue weighted by molar-refractivity contribution is -0.117. The molecule has 0 saturated carbocycles. The van der Waals surface area contributed by atoms with E-state index < -0.39 is 6.04 Å². The highest BCUT2D eigenvalue weighted by Crippen LogP contribution is 2.24. The third-order valence-corrected chi connectivity index (χ3v) is 4.29. The highest BCUT2D eigenvalue weighted by Gasteiger charge is 2.14. The summed E-state index contributed by atoms with van der Waals surface area (Å²) in [6, 6.07) is 7.36. The minimum absolute atomic E-state index is 0.128. The molecule has 0 aliphatic carbocycles. The number of hydrogen-bond acceptors (Lipinski definition) is 3. The van der Waals surface area contributed by atoms with Gasteiger partial charge in [-0.3, -0.25) is 4.79 Å². The van der Waals surface area contributed by atoms with Crippen LogP contribution in [0.25, 0.3) is 11.3 Å². The normalized spacial score (nSPS) is 15.0. The number of anilines is 1. The Hall–Kier alpha value is -2.14. The summed E-state index contributed by atoms with van der Waals surface area (Å²) in [5, 5.41) is 2.86. The Morgan fingerprint density at radius 1 is 1.35 bits per heavy atom. The number of carbonyl (C=O) groups is 1. The largest absolute Gasteiger partial charge is 0.334 e. The number of nitrogens with zero attached hydrogens (tertiary/aromatic N) is 2. The molecule has 1 aromatic carbocycles. The maximum atomic E-state index is 11.9. The van der Waals surface area contributed by atoms with Crippen LogP contribution < -0.4 is 11.1 Å². The number of imidazole rings is 1. The molecule has 5 heteroatoms. The molecular formula is C18H24N4O. The Kier molecular flexibility index (Phi) is 4.76. The molecule has 3 rings (SSSR count). The van der Waals surface area contributed by atoms with Crippen molar-refractivity contribution >= 4 is 11.6 Å². The van der Waals surface area contributed by atoms with E-state index in [9.17, 15) is 4.79 Å². The third-order valence-electron chi connectivity index (χ3n) is 4.29. The van der Waals surface area contributed by atoms with Gasteiger partial charge in [-0.1, -0.05) is 25.5 Å². The Labute approximate surface area is 136 Å². The van der Waals surface area contributed by atoms with E-state index in [1.165, 1.54) is 18.7 Å². The molecule has 2 aromatic rings. The van der Waals surface area contributed by atoms with Crippen molar-refractivity contribution in [2.45, 2.75) is 51.6 Å². The number of hydrogen-bond donors (Lipinski definition) is 2. The summed E-state index contributed by atoms with van der Waals surface area (Å²) in [6.45, 7) is 3.08. The van der Waals surface area contributed by atoms with E-state index >= 15 is 0 Å². The summed E-state index contributed by atoms with van der Waals surface area (Å²) in [5.74, 6) is 1.05. The second-order valence-electron chi connectivity index (χ2n) is 6.15. The molecule has 122 valence electrons. The summed E-state index contributed by atoms with van der Waals surface area (Å²) in [7, 11) is 0. The van der Waals surface area contributed by atoms with Gasteiger partial charge in [-0.15, -0.1) is 0 Å². The van der Waals surface area contributed by atoms with Gasteiger partial charge in [0.1, 0.15) is 5.82 Å². The zero-order chi connectivity index (χ0) is 16.2. The molecule has 0 spiro atoms. The molecule has 0 saturated heterocycles. The molecule has 0 bridgehead atoms. The van der Waals surface area contributed by atoms with Crippen molar-refractivity contribution in [1.29, 1.82) is 0 Å². The van der Waals surface area contributed by atoms with Gasteiger partial charge in [0.05, 0.1) is 11.7 Å². The predicted octanol–water partition coefficient (Wildman–Crippen LogP) is 2.95. The Morgan fingerprint density at radius 3 is 2.83 bits per heavy atom. The van der Waals surface area contributed by atoms with Crippen molar-refractivity contribution in [3.8, 4) is 11.3 Å². The molecule has 2 heterocycles. The Bertz CT molecular complexity index is 651. The van der Waals surface area contributed by atoms with Crippen LogP contribution in [0.15, 0.2) is 30.5 Å². The van der Waals surface area contributed by atoms with Gasteiger partial charge in [0, 0.05) is 30.4 Å². The molecule has 1 aliphatic heterocycles. The topological polar surface area (TPSA) is 72.9 Å². The van der Waals surface area contributed by atoms with Crippen LogP contribution in [0.1, 0.15) is 38.4 Å². The number of carbonyl (C=O) groups excluding carboxylic acids is 1. The fraction of sp³-hybridized carbons (Fsp3) is 0.444. The van der Waals surface area contributed by atoms with Crippen molar-refractivity contribution in [1.82, 2.24) is 9.55 Å². The molecule has 1 aromatic heterocycles. The van der Waals surface area contributed by atoms with Gasteiger partial charge in [-0.25, -0.2) is 4.98 Å². The van der Waals surface area contributed by atoms with Gasteiger partial charge in [-0.2, -0.15) is 0 Å². The number of amides is 1. The van der Waals surface area contributed by atoms with Crippen molar-refractivity contribution in [2.24, 2.45) is 5.73 Å². The van der Waals surface area contributed by atoms with Crippen molar-refractivity contribution in [3.05, 3.63) is 36.3 Å². The first-order valence-electron chi connectivity index (χ1n) is 8.40. The Morgan fingerprint density at radius 2 is 2.13 bits per heavy atom. The van der Waals surface area contributed by atoms with Crippen molar-refractivity contribution in [3.63, 3.8) is 0 Å². The van der Waals surface area contributed by atoms with E-state index in [1.807, 2.05) is 31.2 Å². The first kappa shape index (κ1) is 15.7. The third kappa shape index (κ3) is 3.62. The fourth-order valence-corrected chi connectivity index (χ4v) is 2.95. The fourth-order valence-electron chi connectivity index (χ4n) is 2.95. The van der Waals surface area contributed by atoms with Crippen LogP contribution in [-0.4, -0.2) is 21.5 Å². The Balaban J connectivity index is 1.69. The average molecular weight is 312 g/mol. The maximum Gasteiger partial charge on any atom is 0.241 e. The first-order chi connectivity index (χ1) is 11.2. The van der Waals surface area contributed by atoms with Gasteiger partial charge < -0.3 is 15.6 Å². The lowest BCUT2D eigenvalue weighted by Crippen LogP contribution is -2.35. The lowest BCUT2D eigenvalue weighted by Gasteiger charge is -2.11. The van der Waals surface area contributed by atoms with E-state index in [0.29, 0.717) is 6.42 Å². The van der Waals surface area contributed by atoms with Gasteiger partial charge in [0.25, 0.3) is 0 Å². The summed E-state index contributed by atoms with van der Waals surface area (Å²) in [4.78, 5) is 16.7. The molecule has 0 fully saturated rings. The van der Waals surface area contributed by atoms with Gasteiger partial charge in [-0.05, 0) is 31.4 Å². The van der Waals surface area contributed by atoms with E-state index in [2.05, 4.69) is 16.1 Å². The van der Waals surface area contributed by atoms with E-state index in [4.69, 9.17) is 10.7 Å². The first-order valence-corrected chi connectivity index (χ1v) is 8.40. The molecule has 0 radical (unpaired) electrons. The standard InChI is InChI=1S/C18H24N4O/c1-2-5-15(19)18(23)20-14-9-7-13(8-10-14)16-12-22-11-4-3-6-17(22)21-16/h7-10,12,15H,2-6,11,19H2,1H3,(H,20,23). The molecule has 1 aliphatic rings. The highest BCUT2D eigenvalue weighted by atomic mass is 16.2. The molecule has 1 amide bonds. The lowest BCUT2D eigenvalue weighted by atomic mass is 10.1. The van der Waals surface area contributed by atoms with Gasteiger partial charge in [0.15, 0.2) is 0 Å². The van der Waals surface area contributed by atoms with Crippen LogP contribution in [0.5, 0.6) is 0 Å². The van der Waals surface area contributed by atoms with Gasteiger partial charge in [0.2, 0.25) is 5.91 Å². The monoisotopic (exact) mass is 312 g/mol. The number of fused-ring (bicyclic) bond motifs is 1. The van der Waals surface area contributed by atoms with Crippen LogP contribution >= 0.6 is 0 Å². The maximum absolute atomic E-state index is 11.9. The van der Waals surface area contributed by atoms with E-state index in [1.54, 1.807) is 0 Å². The number of aryl methyl sites for hydroxylation is 2. The molecule has 5 nitrogen and oxygen atoms in total. The number of nitrogens with one attached hydrogen (secondary N) is 1. The van der Waals surface area contributed by atoms with E-state index in [-0.39, 0.29) is 5.91 Å². The highest BCUT2D eigenvalue weighted by molar-refractivity contribution is 5.94. The zero-order valence-corrected chi connectivity index (χ0v) is 13.6. The summed E-state index contributed by atoms with van der Waals surface area (Å²) < 4.78 is 2.25. The smallest absolute Gasteiger partial charge is 0.241 e. The second kappa shape index (κ2) is 6.96. The quantitative estimate of drug-likeness (QED) is 0.891. The van der Waals surface area contributed by atoms with Gasteiger partial charge >= 0.3 is 0 Å². The number of benzene rings is 1. The average Bonchev–Trinajstić information content (AvgIpc) is 2.99. The SMILES string of the molecule is CCCC(N)C(=O)Nc1ccc(-c2cn3c(n2)CCCC3)cc1. The van der Waals surface area contributed by atoms with Crippen molar-refractivity contribution in [2.75, 3.05) is 5.32 Å². The van der Waals surface area contributed by atoms with Crippen LogP contribution in [0.3, 0.4) is 0 Å². The summed E-state index contributed by atoms with van der Waals surface area (Å²) >= 11 is 0. The minimum Gasteiger partial charge on any atom is -0.334 e. The van der Waals surface area contributed by atoms with Crippen molar-refractivity contribution < 1.29 is 4.79 Å². The number of aromatic nitrogens is 2. The van der Waals surface area contributed by atoms with Crippen LogP contribution in [0, 0.1) is 0 Å². The zero-order valence-electron chi connectivity index (χ0n) is 13.6. The molecule has 23 heavy (non-hydrogen) atoms. The van der Waals surface area contributed by atoms with Crippen LogP contribution in [0.2, 0.25) is 0 Å². The molecule has 1 unspecified atom stereocenters. The molecule has 3 N–H and O–H groups in total. The summed E-state index contributed by atoms with van der Waals surface area (Å²) in [5.41, 5.74) is 8.67. The molecule has 1 atom stereocenters. The molecular weight excluding hydrogens is 288 g/mol.